The zero-order chi connectivity index (χ0) is 10.8. The van der Waals surface area contributed by atoms with Gasteiger partial charge in [-0.25, -0.2) is 0 Å². The molecule has 0 fully saturated rings. The first-order chi connectivity index (χ1) is 7.18. The van der Waals surface area contributed by atoms with E-state index in [1.54, 1.807) is 29.6 Å². The molecule has 0 atom stereocenters. The molecule has 76 valence electrons. The molecule has 0 unspecified atom stereocenters. The van der Waals surface area contributed by atoms with Crippen molar-refractivity contribution in [2.45, 2.75) is 0 Å². The van der Waals surface area contributed by atoms with Gasteiger partial charge in [0.25, 0.3) is 0 Å². The Labute approximate surface area is 95.7 Å². The number of nitrogen functional groups attached to an aromatic ring is 1. The number of halogens is 1. The first-order valence-corrected chi connectivity index (χ1v) is 5.40. The van der Waals surface area contributed by atoms with E-state index in [-0.39, 0.29) is 5.78 Å². The number of ketones is 1. The minimum Gasteiger partial charge on any atom is -0.398 e. The van der Waals surface area contributed by atoms with Gasteiger partial charge in [0.2, 0.25) is 5.78 Å². The molecule has 0 spiro atoms. The second kappa shape index (κ2) is 4.00. The fourth-order valence-electron chi connectivity index (χ4n) is 1.16. The third-order valence-corrected chi connectivity index (χ3v) is 2.83. The van der Waals surface area contributed by atoms with E-state index in [1.807, 2.05) is 0 Å². The van der Waals surface area contributed by atoms with E-state index in [1.165, 1.54) is 11.5 Å². The number of benzene rings is 1. The van der Waals surface area contributed by atoms with E-state index < -0.39 is 0 Å². The summed E-state index contributed by atoms with van der Waals surface area (Å²) < 4.78 is 3.96. The number of anilines is 1. The van der Waals surface area contributed by atoms with Crippen molar-refractivity contribution in [3.63, 3.8) is 0 Å². The highest BCUT2D eigenvalue weighted by atomic mass is 35.5. The van der Waals surface area contributed by atoms with Crippen LogP contribution in [0, 0.1) is 0 Å². The van der Waals surface area contributed by atoms with Gasteiger partial charge < -0.3 is 5.73 Å². The fourth-order valence-corrected chi connectivity index (χ4v) is 1.79. The Hall–Kier alpha value is -1.39. The highest BCUT2D eigenvalue weighted by molar-refractivity contribution is 7.03. The van der Waals surface area contributed by atoms with Crippen LogP contribution >= 0.6 is 23.1 Å². The second-order valence-corrected chi connectivity index (χ2v) is 4.02. The molecule has 0 saturated carbocycles. The van der Waals surface area contributed by atoms with E-state index in [0.717, 1.165) is 0 Å². The molecule has 0 aliphatic carbocycles. The SMILES string of the molecule is Nc1cc(C(=O)c2ccsn2)ccc1Cl. The normalized spacial score (nSPS) is 10.2. The van der Waals surface area contributed by atoms with E-state index in [9.17, 15) is 4.79 Å². The molecule has 1 heterocycles. The smallest absolute Gasteiger partial charge is 0.212 e. The Morgan fingerprint density at radius 2 is 2.20 bits per heavy atom. The molecule has 2 N–H and O–H groups in total. The number of hydrogen-bond donors (Lipinski definition) is 1. The van der Waals surface area contributed by atoms with Crippen LogP contribution in [-0.4, -0.2) is 10.2 Å². The second-order valence-electron chi connectivity index (χ2n) is 2.95. The van der Waals surface area contributed by atoms with Crippen LogP contribution in [0.5, 0.6) is 0 Å². The third kappa shape index (κ3) is 2.00. The van der Waals surface area contributed by atoms with Gasteiger partial charge in [-0.3, -0.25) is 4.79 Å². The summed E-state index contributed by atoms with van der Waals surface area (Å²) in [5.74, 6) is -0.139. The molecule has 0 aliphatic heterocycles. The summed E-state index contributed by atoms with van der Waals surface area (Å²) in [6.07, 6.45) is 0. The monoisotopic (exact) mass is 238 g/mol. The molecular weight excluding hydrogens is 232 g/mol. The Bertz CT molecular complexity index is 496. The molecular formula is C10H7ClN2OS. The molecule has 2 aromatic rings. The van der Waals surface area contributed by atoms with Gasteiger partial charge in [0.15, 0.2) is 0 Å². The van der Waals surface area contributed by atoms with Gasteiger partial charge in [0.05, 0.1) is 10.7 Å². The maximum Gasteiger partial charge on any atom is 0.212 e. The summed E-state index contributed by atoms with van der Waals surface area (Å²) in [4.78, 5) is 11.8. The average molecular weight is 239 g/mol. The maximum absolute atomic E-state index is 11.8. The lowest BCUT2D eigenvalue weighted by Crippen LogP contribution is -2.02. The van der Waals surface area contributed by atoms with Crippen molar-refractivity contribution in [2.24, 2.45) is 0 Å². The molecule has 1 aromatic heterocycles. The minimum atomic E-state index is -0.139. The summed E-state index contributed by atoms with van der Waals surface area (Å²) >= 11 is 7.00. The number of nitrogens with two attached hydrogens (primary N) is 1. The molecule has 15 heavy (non-hydrogen) atoms. The molecule has 5 heteroatoms. The first-order valence-electron chi connectivity index (χ1n) is 4.18. The van der Waals surface area contributed by atoms with Gasteiger partial charge in [-0.2, -0.15) is 4.37 Å². The van der Waals surface area contributed by atoms with Crippen LogP contribution in [0.3, 0.4) is 0 Å². The van der Waals surface area contributed by atoms with Gasteiger partial charge in [-0.15, -0.1) is 0 Å². The van der Waals surface area contributed by atoms with Gasteiger partial charge in [0, 0.05) is 10.9 Å². The quantitative estimate of drug-likeness (QED) is 0.646. The Balaban J connectivity index is 2.39. The van der Waals surface area contributed by atoms with Crippen LogP contribution in [0.25, 0.3) is 0 Å². The molecule has 0 saturated heterocycles. The largest absolute Gasteiger partial charge is 0.398 e. The molecule has 0 amide bonds. The Morgan fingerprint density at radius 1 is 1.40 bits per heavy atom. The molecule has 3 nitrogen and oxygen atoms in total. The Kier molecular flexibility index (Phi) is 2.70. The number of hydrogen-bond acceptors (Lipinski definition) is 4. The predicted molar refractivity (Wildman–Crippen MR) is 61.4 cm³/mol. The number of rotatable bonds is 2. The molecule has 2 rings (SSSR count). The highest BCUT2D eigenvalue weighted by Gasteiger charge is 2.11. The van der Waals surface area contributed by atoms with Gasteiger partial charge >= 0.3 is 0 Å². The van der Waals surface area contributed by atoms with E-state index in [0.29, 0.717) is 22.0 Å². The maximum atomic E-state index is 11.8. The number of carbonyl (C=O) groups is 1. The van der Waals surface area contributed by atoms with Crippen molar-refractivity contribution in [2.75, 3.05) is 5.73 Å². The minimum absolute atomic E-state index is 0.139. The topological polar surface area (TPSA) is 56.0 Å². The van der Waals surface area contributed by atoms with Crippen molar-refractivity contribution in [3.05, 3.63) is 45.9 Å². The van der Waals surface area contributed by atoms with Crippen LogP contribution < -0.4 is 5.73 Å². The zero-order valence-corrected chi connectivity index (χ0v) is 9.18. The number of nitrogens with zero attached hydrogens (tertiary/aromatic N) is 1. The van der Waals surface area contributed by atoms with Gasteiger partial charge in [-0.05, 0) is 35.8 Å². The Morgan fingerprint density at radius 3 is 2.80 bits per heavy atom. The predicted octanol–water partition coefficient (Wildman–Crippen LogP) is 2.61. The van der Waals surface area contributed by atoms with Crippen molar-refractivity contribution >= 4 is 34.6 Å². The summed E-state index contributed by atoms with van der Waals surface area (Å²) in [6.45, 7) is 0. The zero-order valence-electron chi connectivity index (χ0n) is 7.61. The van der Waals surface area contributed by atoms with Crippen LogP contribution in [0.4, 0.5) is 5.69 Å². The lowest BCUT2D eigenvalue weighted by atomic mass is 10.1. The van der Waals surface area contributed by atoms with Gasteiger partial charge in [-0.1, -0.05) is 11.6 Å². The lowest BCUT2D eigenvalue weighted by Gasteiger charge is -2.01. The third-order valence-electron chi connectivity index (χ3n) is 1.93. The summed E-state index contributed by atoms with van der Waals surface area (Å²) in [5, 5.41) is 2.21. The van der Waals surface area contributed by atoms with E-state index in [4.69, 9.17) is 17.3 Å². The van der Waals surface area contributed by atoms with E-state index in [2.05, 4.69) is 4.37 Å². The van der Waals surface area contributed by atoms with Crippen molar-refractivity contribution in [1.29, 1.82) is 0 Å². The standard InChI is InChI=1S/C10H7ClN2OS/c11-7-2-1-6(5-8(7)12)10(14)9-3-4-15-13-9/h1-5H,12H2. The van der Waals surface area contributed by atoms with Crippen LogP contribution in [-0.2, 0) is 0 Å². The summed E-state index contributed by atoms with van der Waals surface area (Å²) in [5.41, 5.74) is 6.95. The first kappa shape index (κ1) is 10.1. The molecule has 0 radical (unpaired) electrons. The van der Waals surface area contributed by atoms with Crippen LogP contribution in [0.15, 0.2) is 29.6 Å². The molecule has 1 aromatic carbocycles. The molecule has 0 bridgehead atoms. The van der Waals surface area contributed by atoms with Crippen LogP contribution in [0.1, 0.15) is 16.1 Å². The van der Waals surface area contributed by atoms with Gasteiger partial charge in [0.1, 0.15) is 5.69 Å². The average Bonchev–Trinajstić information content (AvgIpc) is 2.74. The van der Waals surface area contributed by atoms with Crippen molar-refractivity contribution in [1.82, 2.24) is 4.37 Å². The molecule has 0 aliphatic rings. The van der Waals surface area contributed by atoms with Crippen molar-refractivity contribution < 1.29 is 4.79 Å². The fraction of sp³-hybridized carbons (Fsp3) is 0. The summed E-state index contributed by atoms with van der Waals surface area (Å²) in [7, 11) is 0. The van der Waals surface area contributed by atoms with E-state index >= 15 is 0 Å². The van der Waals surface area contributed by atoms with Crippen LogP contribution in [0.2, 0.25) is 5.02 Å². The van der Waals surface area contributed by atoms with Crippen molar-refractivity contribution in [3.8, 4) is 0 Å². The number of carbonyl (C=O) groups excluding carboxylic acids is 1. The lowest BCUT2D eigenvalue weighted by molar-refractivity contribution is 0.103. The summed E-state index contributed by atoms with van der Waals surface area (Å²) in [6, 6.07) is 6.48. The highest BCUT2D eigenvalue weighted by Crippen LogP contribution is 2.21. The number of aromatic nitrogens is 1.